The number of benzene rings is 2. The molecule has 1 aliphatic heterocycles. The van der Waals surface area contributed by atoms with E-state index < -0.39 is 15.9 Å². The highest BCUT2D eigenvalue weighted by Gasteiger charge is 2.17. The zero-order chi connectivity index (χ0) is 21.1. The minimum atomic E-state index is -3.64. The fraction of sp³-hybridized carbons (Fsp3) is 0.200. The number of thiazole rings is 1. The van der Waals surface area contributed by atoms with Gasteiger partial charge in [0.1, 0.15) is 13.2 Å². The molecular weight excluding hydrogens is 426 g/mol. The number of hydrogen-bond acceptors (Lipinski definition) is 7. The van der Waals surface area contributed by atoms with Crippen LogP contribution in [-0.4, -0.2) is 39.1 Å². The molecule has 0 spiro atoms. The molecule has 0 radical (unpaired) electrons. The molecule has 8 nitrogen and oxygen atoms in total. The first-order chi connectivity index (χ1) is 14.5. The molecular formula is C20H19N3O5S2. The van der Waals surface area contributed by atoms with Gasteiger partial charge in [-0.05, 0) is 36.4 Å². The van der Waals surface area contributed by atoms with Crippen molar-refractivity contribution < 1.29 is 22.7 Å². The van der Waals surface area contributed by atoms with Gasteiger partial charge in [0, 0.05) is 23.1 Å². The lowest BCUT2D eigenvalue weighted by Crippen LogP contribution is -2.23. The number of anilines is 1. The number of ether oxygens (including phenoxy) is 2. The van der Waals surface area contributed by atoms with Crippen LogP contribution < -0.4 is 19.5 Å². The highest BCUT2D eigenvalue weighted by Crippen LogP contribution is 2.35. The van der Waals surface area contributed by atoms with E-state index in [-0.39, 0.29) is 17.0 Å². The quantitative estimate of drug-likeness (QED) is 0.604. The Morgan fingerprint density at radius 3 is 2.73 bits per heavy atom. The van der Waals surface area contributed by atoms with E-state index in [1.807, 2.05) is 23.6 Å². The first kappa shape index (κ1) is 20.3. The Morgan fingerprint density at radius 2 is 1.93 bits per heavy atom. The summed E-state index contributed by atoms with van der Waals surface area (Å²) >= 11 is 1.28. The summed E-state index contributed by atoms with van der Waals surface area (Å²) in [5, 5.41) is 4.95. The lowest BCUT2D eigenvalue weighted by Gasteiger charge is -2.18. The van der Waals surface area contributed by atoms with Crippen LogP contribution >= 0.6 is 11.3 Å². The molecule has 0 unspecified atom stereocenters. The van der Waals surface area contributed by atoms with Crippen molar-refractivity contribution in [2.24, 2.45) is 0 Å². The highest BCUT2D eigenvalue weighted by molar-refractivity contribution is 7.89. The van der Waals surface area contributed by atoms with Crippen LogP contribution in [0.3, 0.4) is 0 Å². The van der Waals surface area contributed by atoms with Crippen LogP contribution in [0, 0.1) is 0 Å². The lowest BCUT2D eigenvalue weighted by molar-refractivity contribution is 0.102. The third kappa shape index (κ3) is 4.30. The maximum Gasteiger partial charge on any atom is 0.257 e. The average molecular weight is 446 g/mol. The third-order valence-corrected chi connectivity index (χ3v) is 6.60. The number of aromatic nitrogens is 1. The monoisotopic (exact) mass is 445 g/mol. The van der Waals surface area contributed by atoms with E-state index in [1.54, 1.807) is 13.0 Å². The summed E-state index contributed by atoms with van der Waals surface area (Å²) in [6.45, 7) is 2.98. The molecule has 0 atom stereocenters. The molecule has 30 heavy (non-hydrogen) atoms. The second-order valence-corrected chi connectivity index (χ2v) is 9.00. The predicted octanol–water partition coefficient (Wildman–Crippen LogP) is 3.13. The van der Waals surface area contributed by atoms with Gasteiger partial charge >= 0.3 is 0 Å². The summed E-state index contributed by atoms with van der Waals surface area (Å²) in [4.78, 5) is 17.1. The third-order valence-electron chi connectivity index (χ3n) is 4.30. The van der Waals surface area contributed by atoms with Gasteiger partial charge in [-0.3, -0.25) is 10.1 Å². The molecule has 2 aromatic carbocycles. The van der Waals surface area contributed by atoms with Gasteiger partial charge in [-0.1, -0.05) is 13.0 Å². The Bertz CT molecular complexity index is 1190. The van der Waals surface area contributed by atoms with Crippen molar-refractivity contribution in [2.75, 3.05) is 25.1 Å². The van der Waals surface area contributed by atoms with Gasteiger partial charge in [-0.25, -0.2) is 18.1 Å². The number of fused-ring (bicyclic) bond motifs is 1. The van der Waals surface area contributed by atoms with Gasteiger partial charge < -0.3 is 9.47 Å². The smallest absolute Gasteiger partial charge is 0.257 e. The molecule has 0 saturated carbocycles. The predicted molar refractivity (Wildman–Crippen MR) is 114 cm³/mol. The van der Waals surface area contributed by atoms with Crippen LogP contribution in [0.15, 0.2) is 52.7 Å². The van der Waals surface area contributed by atoms with Crippen molar-refractivity contribution >= 4 is 32.4 Å². The van der Waals surface area contributed by atoms with E-state index in [4.69, 9.17) is 9.47 Å². The summed E-state index contributed by atoms with van der Waals surface area (Å²) < 4.78 is 37.8. The molecule has 4 rings (SSSR count). The van der Waals surface area contributed by atoms with Crippen LogP contribution in [0.5, 0.6) is 11.5 Å². The Labute approximate surface area is 177 Å². The number of hydrogen-bond donors (Lipinski definition) is 2. The van der Waals surface area contributed by atoms with Crippen LogP contribution in [0.2, 0.25) is 0 Å². The summed E-state index contributed by atoms with van der Waals surface area (Å²) in [5.74, 6) is 0.920. The zero-order valence-corrected chi connectivity index (χ0v) is 17.7. The van der Waals surface area contributed by atoms with Crippen molar-refractivity contribution in [3.05, 3.63) is 53.4 Å². The van der Waals surface area contributed by atoms with Gasteiger partial charge in [0.15, 0.2) is 16.6 Å². The standard InChI is InChI=1S/C20H19N3O5S2/c1-2-21-30(25,26)15-5-3-4-14(10-15)19(24)23-20-22-16(12-29-20)13-6-7-17-18(11-13)28-9-8-27-17/h3-7,10-12,21H,2,8-9H2,1H3,(H,22,23,24). The van der Waals surface area contributed by atoms with Crippen LogP contribution in [-0.2, 0) is 10.0 Å². The van der Waals surface area contributed by atoms with Crippen LogP contribution in [0.1, 0.15) is 17.3 Å². The number of sulfonamides is 1. The normalized spacial score (nSPS) is 13.1. The fourth-order valence-electron chi connectivity index (χ4n) is 2.91. The maximum absolute atomic E-state index is 12.6. The van der Waals surface area contributed by atoms with E-state index in [0.29, 0.717) is 35.5 Å². The van der Waals surface area contributed by atoms with Crippen molar-refractivity contribution in [1.82, 2.24) is 9.71 Å². The average Bonchev–Trinajstić information content (AvgIpc) is 3.22. The largest absolute Gasteiger partial charge is 0.486 e. The van der Waals surface area contributed by atoms with E-state index >= 15 is 0 Å². The Kier molecular flexibility index (Phi) is 5.71. The molecule has 156 valence electrons. The second-order valence-electron chi connectivity index (χ2n) is 6.38. The molecule has 2 heterocycles. The molecule has 0 aliphatic carbocycles. The molecule has 10 heteroatoms. The molecule has 0 saturated heterocycles. The molecule has 0 bridgehead atoms. The van der Waals surface area contributed by atoms with Gasteiger partial charge in [-0.2, -0.15) is 0 Å². The fourth-order valence-corrected chi connectivity index (χ4v) is 4.71. The molecule has 1 amide bonds. The highest BCUT2D eigenvalue weighted by atomic mass is 32.2. The minimum Gasteiger partial charge on any atom is -0.486 e. The number of amides is 1. The molecule has 1 aromatic heterocycles. The van der Waals surface area contributed by atoms with Crippen molar-refractivity contribution in [2.45, 2.75) is 11.8 Å². The van der Waals surface area contributed by atoms with Crippen molar-refractivity contribution in [3.8, 4) is 22.8 Å². The van der Waals surface area contributed by atoms with Crippen molar-refractivity contribution in [1.29, 1.82) is 0 Å². The molecule has 1 aliphatic rings. The summed E-state index contributed by atoms with van der Waals surface area (Å²) in [6.07, 6.45) is 0. The van der Waals surface area contributed by atoms with Gasteiger partial charge in [-0.15, -0.1) is 11.3 Å². The van der Waals surface area contributed by atoms with Crippen LogP contribution in [0.25, 0.3) is 11.3 Å². The maximum atomic E-state index is 12.6. The number of carbonyl (C=O) groups is 1. The number of nitrogens with zero attached hydrogens (tertiary/aromatic N) is 1. The van der Waals surface area contributed by atoms with E-state index in [2.05, 4.69) is 15.0 Å². The molecule has 3 aromatic rings. The number of carbonyl (C=O) groups excluding carboxylic acids is 1. The Balaban J connectivity index is 1.51. The zero-order valence-electron chi connectivity index (χ0n) is 16.0. The SMILES string of the molecule is CCNS(=O)(=O)c1cccc(C(=O)Nc2nc(-c3ccc4c(c3)OCCO4)cs2)c1. The molecule has 0 fully saturated rings. The Hall–Kier alpha value is -2.95. The summed E-state index contributed by atoms with van der Waals surface area (Å²) in [6, 6.07) is 11.4. The van der Waals surface area contributed by atoms with Crippen LogP contribution in [0.4, 0.5) is 5.13 Å². The Morgan fingerprint density at radius 1 is 1.13 bits per heavy atom. The van der Waals surface area contributed by atoms with E-state index in [9.17, 15) is 13.2 Å². The van der Waals surface area contributed by atoms with Gasteiger partial charge in [0.25, 0.3) is 5.91 Å². The first-order valence-corrected chi connectivity index (χ1v) is 11.6. The number of nitrogens with one attached hydrogen (secondary N) is 2. The number of rotatable bonds is 6. The van der Waals surface area contributed by atoms with E-state index in [1.165, 1.54) is 29.5 Å². The lowest BCUT2D eigenvalue weighted by atomic mass is 10.1. The summed E-state index contributed by atoms with van der Waals surface area (Å²) in [5.41, 5.74) is 1.76. The topological polar surface area (TPSA) is 107 Å². The van der Waals surface area contributed by atoms with E-state index in [0.717, 1.165) is 5.56 Å². The van der Waals surface area contributed by atoms with Gasteiger partial charge in [0.2, 0.25) is 10.0 Å². The van der Waals surface area contributed by atoms with Gasteiger partial charge in [0.05, 0.1) is 10.6 Å². The minimum absolute atomic E-state index is 0.0353. The first-order valence-electron chi connectivity index (χ1n) is 9.23. The summed E-state index contributed by atoms with van der Waals surface area (Å²) in [7, 11) is -3.64. The second kappa shape index (κ2) is 8.42. The van der Waals surface area contributed by atoms with Crippen molar-refractivity contribution in [3.63, 3.8) is 0 Å². The molecule has 2 N–H and O–H groups in total.